The molecule has 0 aliphatic carbocycles. The Morgan fingerprint density at radius 3 is 2.15 bits per heavy atom. The highest BCUT2D eigenvalue weighted by Crippen LogP contribution is 2.41. The van der Waals surface area contributed by atoms with Crippen molar-refractivity contribution in [2.45, 2.75) is 5.66 Å². The van der Waals surface area contributed by atoms with Gasteiger partial charge in [-0.2, -0.15) is 10.5 Å². The number of nitrogens with zero attached hydrogens (tertiary/aromatic N) is 5. The summed E-state index contributed by atoms with van der Waals surface area (Å²) in [5, 5.41) is 46.2. The third-order valence-corrected chi connectivity index (χ3v) is 3.61. The van der Waals surface area contributed by atoms with E-state index < -0.39 is 43.1 Å². The summed E-state index contributed by atoms with van der Waals surface area (Å²) in [4.78, 5) is 30.8. The van der Waals surface area contributed by atoms with Gasteiger partial charge in [-0.3, -0.25) is 41.2 Å². The molecule has 1 atom stereocenters. The summed E-state index contributed by atoms with van der Waals surface area (Å²) >= 11 is 0. The SMILES string of the molecule is N=C1C=NNC2=CC(N)(c3c([N+](=O)[O-])cc([N+](=O)[O-])cc3[N+](=O)[O-])NN12. The van der Waals surface area contributed by atoms with Gasteiger partial charge in [0.15, 0.2) is 5.84 Å². The van der Waals surface area contributed by atoms with Crippen LogP contribution in [0.25, 0.3) is 0 Å². The third kappa shape index (κ3) is 2.48. The fourth-order valence-corrected chi connectivity index (χ4v) is 2.59. The molecule has 26 heavy (non-hydrogen) atoms. The molecule has 0 amide bonds. The van der Waals surface area contributed by atoms with Crippen LogP contribution < -0.4 is 16.6 Å². The smallest absolute Gasteiger partial charge is 0.290 e. The van der Waals surface area contributed by atoms with Crippen LogP contribution in [0, 0.1) is 35.8 Å². The first-order chi connectivity index (χ1) is 12.1. The van der Waals surface area contributed by atoms with Gasteiger partial charge in [0.2, 0.25) is 0 Å². The highest BCUT2D eigenvalue weighted by Gasteiger charge is 2.47. The molecule has 1 aromatic carbocycles. The lowest BCUT2D eigenvalue weighted by Gasteiger charge is -2.28. The lowest BCUT2D eigenvalue weighted by atomic mass is 9.96. The number of nitrogens with two attached hydrogens (primary N) is 1. The average Bonchev–Trinajstić information content (AvgIpc) is 2.92. The van der Waals surface area contributed by atoms with Crippen molar-refractivity contribution in [2.75, 3.05) is 0 Å². The summed E-state index contributed by atoms with van der Waals surface area (Å²) in [5.41, 5.74) is 5.88. The highest BCUT2D eigenvalue weighted by molar-refractivity contribution is 6.28. The number of non-ortho nitro benzene ring substituents is 1. The quantitative estimate of drug-likeness (QED) is 0.405. The number of nitro benzene ring substituents is 3. The second-order valence-corrected chi connectivity index (χ2v) is 5.23. The summed E-state index contributed by atoms with van der Waals surface area (Å²) in [6.07, 6.45) is 2.26. The van der Waals surface area contributed by atoms with Crippen molar-refractivity contribution in [3.63, 3.8) is 0 Å². The molecular weight excluding hydrogens is 354 g/mol. The van der Waals surface area contributed by atoms with Gasteiger partial charge >= 0.3 is 0 Å². The number of hydrazone groups is 1. The van der Waals surface area contributed by atoms with E-state index in [2.05, 4.69) is 16.0 Å². The minimum absolute atomic E-state index is 0.113. The van der Waals surface area contributed by atoms with E-state index in [4.69, 9.17) is 11.1 Å². The van der Waals surface area contributed by atoms with Gasteiger partial charge in [0.05, 0.1) is 33.1 Å². The van der Waals surface area contributed by atoms with Crippen LogP contribution in [0.4, 0.5) is 17.1 Å². The molecule has 2 aliphatic rings. The van der Waals surface area contributed by atoms with E-state index in [-0.39, 0.29) is 11.7 Å². The van der Waals surface area contributed by atoms with Crippen molar-refractivity contribution >= 4 is 29.1 Å². The predicted molar refractivity (Wildman–Crippen MR) is 84.7 cm³/mol. The van der Waals surface area contributed by atoms with Gasteiger partial charge < -0.3 is 5.73 Å². The molecule has 0 spiro atoms. The largest absolute Gasteiger partial charge is 0.304 e. The molecule has 3 rings (SSSR count). The highest BCUT2D eigenvalue weighted by atomic mass is 16.6. The average molecular weight is 363 g/mol. The van der Waals surface area contributed by atoms with Gasteiger partial charge in [-0.05, 0) is 0 Å². The van der Waals surface area contributed by atoms with Crippen molar-refractivity contribution in [3.8, 4) is 0 Å². The van der Waals surface area contributed by atoms with Crippen LogP contribution in [-0.2, 0) is 5.66 Å². The Morgan fingerprint density at radius 2 is 1.69 bits per heavy atom. The topological polar surface area (TPSA) is 219 Å². The van der Waals surface area contributed by atoms with Crippen molar-refractivity contribution in [1.29, 1.82) is 5.41 Å². The van der Waals surface area contributed by atoms with E-state index in [1.165, 1.54) is 0 Å². The maximum Gasteiger partial charge on any atom is 0.290 e. The monoisotopic (exact) mass is 363 g/mol. The number of benzene rings is 1. The number of nitro groups is 3. The van der Waals surface area contributed by atoms with Crippen molar-refractivity contribution in [1.82, 2.24) is 15.9 Å². The van der Waals surface area contributed by atoms with Crippen LogP contribution >= 0.6 is 0 Å². The Balaban J connectivity index is 2.26. The minimum atomic E-state index is -2.00. The van der Waals surface area contributed by atoms with E-state index in [0.717, 1.165) is 17.3 Å². The molecule has 0 bridgehead atoms. The molecule has 0 saturated carbocycles. The minimum Gasteiger partial charge on any atom is -0.304 e. The second-order valence-electron chi connectivity index (χ2n) is 5.23. The maximum absolute atomic E-state index is 11.4. The molecule has 15 nitrogen and oxygen atoms in total. The summed E-state index contributed by atoms with van der Waals surface area (Å²) in [7, 11) is 0. The van der Waals surface area contributed by atoms with Crippen LogP contribution in [0.2, 0.25) is 0 Å². The molecule has 2 heterocycles. The summed E-state index contributed by atoms with van der Waals surface area (Å²) in [6, 6.07) is 1.17. The second kappa shape index (κ2) is 5.53. The molecule has 5 N–H and O–H groups in total. The molecule has 1 unspecified atom stereocenters. The summed E-state index contributed by atoms with van der Waals surface area (Å²) < 4.78 is 0. The molecule has 0 aromatic heterocycles. The predicted octanol–water partition coefficient (Wildman–Crippen LogP) is -0.249. The number of nitrogens with one attached hydrogen (secondary N) is 3. The summed E-state index contributed by atoms with van der Waals surface area (Å²) in [6.45, 7) is 0. The third-order valence-electron chi connectivity index (χ3n) is 3.61. The van der Waals surface area contributed by atoms with Crippen LogP contribution in [0.15, 0.2) is 29.1 Å². The van der Waals surface area contributed by atoms with Gasteiger partial charge in [0, 0.05) is 6.08 Å². The first-order valence-corrected chi connectivity index (χ1v) is 6.73. The van der Waals surface area contributed by atoms with Crippen LogP contribution in [0.5, 0.6) is 0 Å². The number of hydrogen-bond donors (Lipinski definition) is 4. The van der Waals surface area contributed by atoms with Crippen LogP contribution in [0.1, 0.15) is 5.56 Å². The van der Waals surface area contributed by atoms with E-state index in [0.29, 0.717) is 12.1 Å². The lowest BCUT2D eigenvalue weighted by Crippen LogP contribution is -2.54. The number of hydrazine groups is 1. The Hall–Kier alpha value is -3.98. The van der Waals surface area contributed by atoms with Crippen molar-refractivity contribution in [2.24, 2.45) is 10.8 Å². The van der Waals surface area contributed by atoms with Gasteiger partial charge in [0.25, 0.3) is 17.1 Å². The zero-order valence-corrected chi connectivity index (χ0v) is 12.6. The molecule has 2 aliphatic heterocycles. The molecule has 15 heteroatoms. The van der Waals surface area contributed by atoms with E-state index >= 15 is 0 Å². The standard InChI is InChI=1S/C11H9N9O6/c12-8-4-14-15-9-3-11(13,16-17(8)9)10-6(19(23)24)1-5(18(21)22)2-7(10)20(25)26/h1-4,12,15-16H,13H2. The first kappa shape index (κ1) is 16.9. The number of hydrogen-bond acceptors (Lipinski definition) is 11. The van der Waals surface area contributed by atoms with Crippen molar-refractivity contribution < 1.29 is 14.8 Å². The first-order valence-electron chi connectivity index (χ1n) is 6.73. The normalized spacial score (nSPS) is 21.0. The van der Waals surface area contributed by atoms with Gasteiger partial charge in [0.1, 0.15) is 17.0 Å². The van der Waals surface area contributed by atoms with Crippen LogP contribution in [0.3, 0.4) is 0 Å². The fraction of sp³-hybridized carbons (Fsp3) is 0.0909. The molecule has 134 valence electrons. The van der Waals surface area contributed by atoms with Gasteiger partial charge in [-0.1, -0.05) is 0 Å². The molecule has 1 aromatic rings. The van der Waals surface area contributed by atoms with Gasteiger partial charge in [-0.15, -0.1) is 0 Å². The Bertz CT molecular complexity index is 905. The van der Waals surface area contributed by atoms with Gasteiger partial charge in [-0.25, -0.2) is 5.01 Å². The number of amidine groups is 1. The molecule has 0 radical (unpaired) electrons. The Kier molecular flexibility index (Phi) is 3.59. The van der Waals surface area contributed by atoms with Crippen LogP contribution in [-0.4, -0.2) is 31.8 Å². The van der Waals surface area contributed by atoms with E-state index in [9.17, 15) is 30.3 Å². The molecule has 0 saturated heterocycles. The summed E-state index contributed by atoms with van der Waals surface area (Å²) in [5.74, 6) is -0.0727. The Labute approximate surface area is 142 Å². The molecular formula is C11H9N9O6. The number of fused-ring (bicyclic) bond motifs is 1. The zero-order valence-electron chi connectivity index (χ0n) is 12.6. The lowest BCUT2D eigenvalue weighted by molar-refractivity contribution is -0.404. The Morgan fingerprint density at radius 1 is 1.12 bits per heavy atom. The fourth-order valence-electron chi connectivity index (χ4n) is 2.59. The van der Waals surface area contributed by atoms with E-state index in [1.54, 1.807) is 0 Å². The number of rotatable bonds is 4. The van der Waals surface area contributed by atoms with Crippen molar-refractivity contribution in [3.05, 3.63) is 59.9 Å². The zero-order chi connectivity index (χ0) is 19.2. The maximum atomic E-state index is 11.4. The van der Waals surface area contributed by atoms with E-state index in [1.807, 2.05) is 0 Å². The molecule has 0 fully saturated rings.